The van der Waals surface area contributed by atoms with E-state index in [9.17, 15) is 0 Å². The van der Waals surface area contributed by atoms with Crippen LogP contribution in [-0.2, 0) is 0 Å². The second kappa shape index (κ2) is 7.08. The molecule has 1 rings (SSSR count). The summed E-state index contributed by atoms with van der Waals surface area (Å²) in [6.45, 7) is 2.23. The molecule has 1 atom stereocenters. The van der Waals surface area contributed by atoms with E-state index >= 15 is 0 Å². The third kappa shape index (κ3) is 4.39. The minimum absolute atomic E-state index is 0.149. The predicted octanol–water partition coefficient (Wildman–Crippen LogP) is 3.73. The topological polar surface area (TPSA) is 0 Å². The number of alkyl halides is 1. The van der Waals surface area contributed by atoms with Crippen molar-refractivity contribution >= 4 is 27.0 Å². The van der Waals surface area contributed by atoms with Gasteiger partial charge < -0.3 is 0 Å². The van der Waals surface area contributed by atoms with Gasteiger partial charge >= 0.3 is 0 Å². The highest BCUT2D eigenvalue weighted by atomic mass is 35.5. The molecular weight excluding hydrogens is 220 g/mol. The van der Waals surface area contributed by atoms with Gasteiger partial charge in [0.15, 0.2) is 0 Å². The smallest absolute Gasteiger partial charge is 0.0716 e. The first-order valence-electron chi connectivity index (χ1n) is 5.70. The van der Waals surface area contributed by atoms with Gasteiger partial charge in [-0.15, -0.1) is 11.6 Å². The molecular formula is C13H18ClSi. The Bertz CT molecular complexity index is 286. The van der Waals surface area contributed by atoms with Gasteiger partial charge in [-0.1, -0.05) is 62.1 Å². The maximum Gasteiger partial charge on any atom is 0.0716 e. The summed E-state index contributed by atoms with van der Waals surface area (Å²) in [7, 11) is 3.59. The quantitative estimate of drug-likeness (QED) is 0.402. The van der Waals surface area contributed by atoms with Gasteiger partial charge in [0, 0.05) is 0 Å². The molecule has 0 fully saturated rings. The lowest BCUT2D eigenvalue weighted by Gasteiger charge is -2.12. The number of halogens is 1. The maximum atomic E-state index is 6.36. The Morgan fingerprint density at radius 1 is 1.20 bits per heavy atom. The molecule has 0 amide bonds. The van der Waals surface area contributed by atoms with Crippen LogP contribution in [0.1, 0.15) is 50.0 Å². The predicted molar refractivity (Wildman–Crippen MR) is 69.2 cm³/mol. The summed E-state index contributed by atoms with van der Waals surface area (Å²) in [5.74, 6) is 0. The molecule has 0 aliphatic heterocycles. The molecule has 1 unspecified atom stereocenters. The molecule has 0 aliphatic rings. The van der Waals surface area contributed by atoms with E-state index in [1.807, 2.05) is 18.2 Å². The van der Waals surface area contributed by atoms with E-state index in [0.717, 1.165) is 11.6 Å². The van der Waals surface area contributed by atoms with Crippen molar-refractivity contribution in [3.05, 3.63) is 29.8 Å². The van der Waals surface area contributed by atoms with Crippen molar-refractivity contribution in [2.75, 3.05) is 0 Å². The van der Waals surface area contributed by atoms with Crippen molar-refractivity contribution in [3.8, 4) is 0 Å². The molecule has 15 heavy (non-hydrogen) atoms. The second-order valence-electron chi connectivity index (χ2n) is 3.90. The van der Waals surface area contributed by atoms with E-state index in [1.54, 1.807) is 0 Å². The molecule has 1 aromatic carbocycles. The maximum absolute atomic E-state index is 6.36. The van der Waals surface area contributed by atoms with Crippen molar-refractivity contribution in [3.63, 3.8) is 0 Å². The Kier molecular flexibility index (Phi) is 6.04. The van der Waals surface area contributed by atoms with Crippen molar-refractivity contribution in [2.45, 2.75) is 44.4 Å². The molecule has 81 valence electrons. The van der Waals surface area contributed by atoms with E-state index in [-0.39, 0.29) is 5.38 Å². The minimum atomic E-state index is 0.149. The fraction of sp³-hybridized carbons (Fsp3) is 0.538. The lowest BCUT2D eigenvalue weighted by atomic mass is 10.1. The monoisotopic (exact) mass is 237 g/mol. The van der Waals surface area contributed by atoms with Crippen LogP contribution in [0.2, 0.25) is 0 Å². The van der Waals surface area contributed by atoms with Gasteiger partial charge in [-0.2, -0.15) is 0 Å². The SMILES string of the molecule is CCCCCCC(Cl)c1ccccc1[Si]. The zero-order valence-electron chi connectivity index (χ0n) is 9.30. The summed E-state index contributed by atoms with van der Waals surface area (Å²) in [5, 5.41) is 1.27. The molecule has 0 bridgehead atoms. The Morgan fingerprint density at radius 2 is 1.93 bits per heavy atom. The molecule has 0 aliphatic carbocycles. The van der Waals surface area contributed by atoms with Crippen molar-refractivity contribution < 1.29 is 0 Å². The van der Waals surface area contributed by atoms with Crippen LogP contribution < -0.4 is 5.19 Å². The summed E-state index contributed by atoms with van der Waals surface area (Å²) in [6.07, 6.45) is 6.19. The van der Waals surface area contributed by atoms with Crippen molar-refractivity contribution in [1.82, 2.24) is 0 Å². The lowest BCUT2D eigenvalue weighted by Crippen LogP contribution is -2.11. The highest BCUT2D eigenvalue weighted by Gasteiger charge is 2.08. The molecule has 0 saturated carbocycles. The first-order valence-corrected chi connectivity index (χ1v) is 6.64. The second-order valence-corrected chi connectivity index (χ2v) is 4.97. The Labute approximate surface area is 101 Å². The first-order chi connectivity index (χ1) is 7.25. The zero-order chi connectivity index (χ0) is 11.1. The van der Waals surface area contributed by atoms with Crippen LogP contribution >= 0.6 is 11.6 Å². The number of unbranched alkanes of at least 4 members (excludes halogenated alkanes) is 3. The van der Waals surface area contributed by atoms with Crippen LogP contribution in [0, 0.1) is 0 Å². The van der Waals surface area contributed by atoms with E-state index in [2.05, 4.69) is 23.2 Å². The minimum Gasteiger partial charge on any atom is -0.118 e. The lowest BCUT2D eigenvalue weighted by molar-refractivity contribution is 0.625. The van der Waals surface area contributed by atoms with E-state index < -0.39 is 0 Å². The normalized spacial score (nSPS) is 12.7. The fourth-order valence-electron chi connectivity index (χ4n) is 1.68. The summed E-state index contributed by atoms with van der Waals surface area (Å²) < 4.78 is 0. The zero-order valence-corrected chi connectivity index (χ0v) is 11.1. The summed E-state index contributed by atoms with van der Waals surface area (Å²) in [5.41, 5.74) is 1.22. The van der Waals surface area contributed by atoms with E-state index in [1.165, 1.54) is 31.2 Å². The Balaban J connectivity index is 2.40. The molecule has 0 N–H and O–H groups in total. The summed E-state index contributed by atoms with van der Waals surface area (Å²) in [4.78, 5) is 0. The molecule has 0 spiro atoms. The standard InChI is InChI=1S/C13H18ClSi/c1-2-3-4-5-9-12(14)11-8-6-7-10-13(11)15/h6-8,10,12H,2-5,9H2,1H3. The van der Waals surface area contributed by atoms with Gasteiger partial charge in [-0.25, -0.2) is 0 Å². The van der Waals surface area contributed by atoms with Crippen LogP contribution in [0.25, 0.3) is 0 Å². The van der Waals surface area contributed by atoms with Crippen LogP contribution in [-0.4, -0.2) is 10.2 Å². The average molecular weight is 238 g/mol. The van der Waals surface area contributed by atoms with Crippen LogP contribution in [0.3, 0.4) is 0 Å². The van der Waals surface area contributed by atoms with Crippen LogP contribution in [0.5, 0.6) is 0 Å². The third-order valence-corrected chi connectivity index (χ3v) is 3.52. The van der Waals surface area contributed by atoms with Crippen molar-refractivity contribution in [2.24, 2.45) is 0 Å². The summed E-state index contributed by atoms with van der Waals surface area (Å²) in [6, 6.07) is 8.21. The molecule has 2 heteroatoms. The largest absolute Gasteiger partial charge is 0.118 e. The molecule has 0 saturated heterocycles. The Hall–Kier alpha value is -0.273. The highest BCUT2D eigenvalue weighted by molar-refractivity contribution is 6.34. The fourth-order valence-corrected chi connectivity index (χ4v) is 2.47. The van der Waals surface area contributed by atoms with Gasteiger partial charge in [-0.3, -0.25) is 0 Å². The molecule has 1 aromatic rings. The molecule has 3 radical (unpaired) electrons. The number of benzene rings is 1. The third-order valence-electron chi connectivity index (χ3n) is 2.61. The Morgan fingerprint density at radius 3 is 2.60 bits per heavy atom. The van der Waals surface area contributed by atoms with Gasteiger partial charge in [-0.05, 0) is 12.0 Å². The highest BCUT2D eigenvalue weighted by Crippen LogP contribution is 2.24. The van der Waals surface area contributed by atoms with E-state index in [4.69, 9.17) is 11.6 Å². The first kappa shape index (κ1) is 12.8. The van der Waals surface area contributed by atoms with Crippen molar-refractivity contribution in [1.29, 1.82) is 0 Å². The van der Waals surface area contributed by atoms with Crippen LogP contribution in [0.15, 0.2) is 24.3 Å². The average Bonchev–Trinajstić information content (AvgIpc) is 2.25. The number of hydrogen-bond acceptors (Lipinski definition) is 0. The van der Waals surface area contributed by atoms with Gasteiger partial charge in [0.25, 0.3) is 0 Å². The van der Waals surface area contributed by atoms with Gasteiger partial charge in [0.05, 0.1) is 15.6 Å². The molecule has 0 aromatic heterocycles. The molecule has 0 nitrogen and oxygen atoms in total. The number of hydrogen-bond donors (Lipinski definition) is 0. The molecule has 0 heterocycles. The van der Waals surface area contributed by atoms with Crippen LogP contribution in [0.4, 0.5) is 0 Å². The number of rotatable bonds is 6. The van der Waals surface area contributed by atoms with Gasteiger partial charge in [0.2, 0.25) is 0 Å². The van der Waals surface area contributed by atoms with Gasteiger partial charge in [0.1, 0.15) is 0 Å². The van der Waals surface area contributed by atoms with E-state index in [0.29, 0.717) is 0 Å². The summed E-state index contributed by atoms with van der Waals surface area (Å²) >= 11 is 6.36.